The normalized spacial score (nSPS) is 17.9. The zero-order valence-electron chi connectivity index (χ0n) is 19.3. The lowest BCUT2D eigenvalue weighted by Crippen LogP contribution is -2.34. The Morgan fingerprint density at radius 2 is 1.77 bits per heavy atom. The number of benzene rings is 1. The number of hydrogen-bond donors (Lipinski definition) is 1. The van der Waals surface area contributed by atoms with Crippen molar-refractivity contribution in [3.63, 3.8) is 0 Å². The Labute approximate surface area is 182 Å². The van der Waals surface area contributed by atoms with E-state index in [9.17, 15) is 0 Å². The first-order chi connectivity index (χ1) is 14.4. The number of nitrogens with two attached hydrogens (primary N) is 1. The first-order valence-electron chi connectivity index (χ1n) is 11.5. The van der Waals surface area contributed by atoms with E-state index in [0.717, 1.165) is 18.4 Å². The molecule has 1 heterocycles. The van der Waals surface area contributed by atoms with Gasteiger partial charge < -0.3 is 10.5 Å². The Morgan fingerprint density at radius 1 is 1.10 bits per heavy atom. The maximum Gasteiger partial charge on any atom is 0.222 e. The van der Waals surface area contributed by atoms with Gasteiger partial charge in [-0.1, -0.05) is 62.9 Å². The molecule has 1 aromatic carbocycles. The van der Waals surface area contributed by atoms with Crippen molar-refractivity contribution < 1.29 is 4.74 Å². The minimum Gasteiger partial charge on any atom is -0.466 e. The van der Waals surface area contributed by atoms with Gasteiger partial charge in [0.05, 0.1) is 5.56 Å². The Morgan fingerprint density at radius 3 is 2.37 bits per heavy atom. The molecule has 0 aliphatic heterocycles. The lowest BCUT2D eigenvalue weighted by Gasteiger charge is -2.34. The van der Waals surface area contributed by atoms with Crippen LogP contribution in [0.3, 0.4) is 0 Å². The van der Waals surface area contributed by atoms with Gasteiger partial charge in [-0.2, -0.15) is 0 Å². The molecule has 1 aliphatic rings. The van der Waals surface area contributed by atoms with E-state index in [-0.39, 0.29) is 0 Å². The van der Waals surface area contributed by atoms with Crippen LogP contribution in [0.4, 0.5) is 5.82 Å². The van der Waals surface area contributed by atoms with E-state index in [1.165, 1.54) is 60.7 Å². The van der Waals surface area contributed by atoms with Crippen LogP contribution in [-0.4, -0.2) is 15.6 Å². The summed E-state index contributed by atoms with van der Waals surface area (Å²) in [4.78, 5) is 8.45. The highest BCUT2D eigenvalue weighted by molar-refractivity contribution is 5.75. The van der Waals surface area contributed by atoms with E-state index in [1.54, 1.807) is 0 Å². The monoisotopic (exact) mass is 407 g/mol. The van der Waals surface area contributed by atoms with Crippen molar-refractivity contribution in [3.8, 4) is 5.88 Å². The smallest absolute Gasteiger partial charge is 0.222 e. The second kappa shape index (κ2) is 9.63. The first kappa shape index (κ1) is 22.3. The fourth-order valence-corrected chi connectivity index (χ4v) is 4.60. The molecule has 2 N–H and O–H groups in total. The molecular formula is C26H37N3O. The van der Waals surface area contributed by atoms with Crippen LogP contribution in [0, 0.1) is 6.92 Å². The van der Waals surface area contributed by atoms with Crippen LogP contribution in [0.2, 0.25) is 0 Å². The maximum absolute atomic E-state index is 6.56. The molecule has 0 bridgehead atoms. The molecule has 1 aromatic heterocycles. The summed E-state index contributed by atoms with van der Waals surface area (Å²) < 4.78 is 6.56. The van der Waals surface area contributed by atoms with Crippen LogP contribution < -0.4 is 10.5 Å². The molecular weight excluding hydrogens is 370 g/mol. The average Bonchev–Trinajstić information content (AvgIpc) is 2.78. The predicted octanol–water partition coefficient (Wildman–Crippen LogP) is 6.85. The van der Waals surface area contributed by atoms with Crippen molar-refractivity contribution in [2.75, 3.05) is 5.73 Å². The fraction of sp³-hybridized carbons (Fsp3) is 0.538. The first-order valence-corrected chi connectivity index (χ1v) is 11.5. The number of aromatic nitrogens is 2. The van der Waals surface area contributed by atoms with Crippen LogP contribution in [0.15, 0.2) is 36.2 Å². The molecule has 1 aliphatic carbocycles. The lowest BCUT2D eigenvalue weighted by atomic mass is 9.81. The molecule has 0 amide bonds. The van der Waals surface area contributed by atoms with Crippen LogP contribution in [-0.2, 0) is 0 Å². The summed E-state index contributed by atoms with van der Waals surface area (Å²) in [5.41, 5.74) is 11.6. The number of hydrogen-bond acceptors (Lipinski definition) is 4. The summed E-state index contributed by atoms with van der Waals surface area (Å²) in [7, 11) is 0. The van der Waals surface area contributed by atoms with E-state index < -0.39 is 5.60 Å². The van der Waals surface area contributed by atoms with Gasteiger partial charge in [0.25, 0.3) is 0 Å². The summed E-state index contributed by atoms with van der Waals surface area (Å²) in [6.07, 6.45) is 10.0. The van der Waals surface area contributed by atoms with Crippen LogP contribution in [0.25, 0.3) is 5.57 Å². The quantitative estimate of drug-likeness (QED) is 0.545. The molecule has 162 valence electrons. The number of anilines is 1. The molecule has 1 atom stereocenters. The van der Waals surface area contributed by atoms with Gasteiger partial charge in [-0.25, -0.2) is 9.97 Å². The highest BCUT2D eigenvalue weighted by Gasteiger charge is 2.33. The molecule has 0 spiro atoms. The Kier molecular flexibility index (Phi) is 7.17. The third kappa shape index (κ3) is 4.69. The molecule has 1 fully saturated rings. The SMILES string of the molecule is CC/C(C)=C(/c1ccc(C2CCCCC2)cc1)C(C)(CC)Oc1ncnc(N)c1C. The van der Waals surface area contributed by atoms with E-state index >= 15 is 0 Å². The zero-order valence-corrected chi connectivity index (χ0v) is 19.3. The van der Waals surface area contributed by atoms with Crippen molar-refractivity contribution in [2.45, 2.75) is 91.1 Å². The van der Waals surface area contributed by atoms with Gasteiger partial charge in [0, 0.05) is 5.57 Å². The van der Waals surface area contributed by atoms with Gasteiger partial charge >= 0.3 is 0 Å². The van der Waals surface area contributed by atoms with Crippen LogP contribution in [0.1, 0.15) is 95.2 Å². The molecule has 3 rings (SSSR count). The number of ether oxygens (including phenoxy) is 1. The van der Waals surface area contributed by atoms with Crippen LogP contribution in [0.5, 0.6) is 5.88 Å². The summed E-state index contributed by atoms with van der Waals surface area (Å²) in [5, 5.41) is 0. The minimum atomic E-state index is -0.502. The van der Waals surface area contributed by atoms with E-state index in [4.69, 9.17) is 10.5 Å². The highest BCUT2D eigenvalue weighted by atomic mass is 16.5. The van der Waals surface area contributed by atoms with Crippen LogP contribution >= 0.6 is 0 Å². The third-order valence-electron chi connectivity index (χ3n) is 6.84. The van der Waals surface area contributed by atoms with E-state index in [1.807, 2.05) is 6.92 Å². The van der Waals surface area contributed by atoms with Gasteiger partial charge in [0.2, 0.25) is 5.88 Å². The number of allylic oxidation sites excluding steroid dienone is 1. The summed E-state index contributed by atoms with van der Waals surface area (Å²) in [6, 6.07) is 9.24. The predicted molar refractivity (Wildman–Crippen MR) is 126 cm³/mol. The van der Waals surface area contributed by atoms with E-state index in [2.05, 4.69) is 61.9 Å². The minimum absolute atomic E-state index is 0.466. The highest BCUT2D eigenvalue weighted by Crippen LogP contribution is 2.39. The number of nitrogen functional groups attached to an aromatic ring is 1. The summed E-state index contributed by atoms with van der Waals surface area (Å²) >= 11 is 0. The van der Waals surface area contributed by atoms with E-state index in [0.29, 0.717) is 17.6 Å². The van der Waals surface area contributed by atoms with Gasteiger partial charge in [0.15, 0.2) is 0 Å². The van der Waals surface area contributed by atoms with Crippen molar-refractivity contribution >= 4 is 11.4 Å². The summed E-state index contributed by atoms with van der Waals surface area (Å²) in [5.74, 6) is 1.74. The molecule has 2 aromatic rings. The van der Waals surface area contributed by atoms with Gasteiger partial charge in [-0.15, -0.1) is 0 Å². The van der Waals surface area contributed by atoms with Crippen molar-refractivity contribution in [3.05, 3.63) is 52.9 Å². The molecule has 0 radical (unpaired) electrons. The van der Waals surface area contributed by atoms with Gasteiger partial charge in [-0.05, 0) is 63.5 Å². The molecule has 1 unspecified atom stereocenters. The standard InChI is InChI=1S/C26H37N3O/c1-6-18(3)23(22-15-13-21(14-16-22)20-11-9-8-10-12-20)26(5,7-2)30-25-19(4)24(27)28-17-29-25/h13-17,20H,6-12H2,1-5H3,(H2,27,28,29)/b23-18-. The Bertz CT molecular complexity index is 882. The molecule has 4 nitrogen and oxygen atoms in total. The van der Waals surface area contributed by atoms with Gasteiger partial charge in [-0.3, -0.25) is 0 Å². The molecule has 4 heteroatoms. The van der Waals surface area contributed by atoms with Gasteiger partial charge in [0.1, 0.15) is 17.7 Å². The van der Waals surface area contributed by atoms with Crippen molar-refractivity contribution in [1.82, 2.24) is 9.97 Å². The average molecular weight is 408 g/mol. The second-order valence-corrected chi connectivity index (χ2v) is 8.84. The lowest BCUT2D eigenvalue weighted by molar-refractivity contribution is 0.137. The second-order valence-electron chi connectivity index (χ2n) is 8.84. The summed E-state index contributed by atoms with van der Waals surface area (Å²) in [6.45, 7) is 10.7. The van der Waals surface area contributed by atoms with Crippen molar-refractivity contribution in [2.24, 2.45) is 0 Å². The molecule has 30 heavy (non-hydrogen) atoms. The topological polar surface area (TPSA) is 61.0 Å². The van der Waals surface area contributed by atoms with Crippen molar-refractivity contribution in [1.29, 1.82) is 0 Å². The maximum atomic E-state index is 6.56. The number of nitrogens with zero attached hydrogens (tertiary/aromatic N) is 2. The fourth-order valence-electron chi connectivity index (χ4n) is 4.60. The zero-order chi connectivity index (χ0) is 21.7. The number of rotatable bonds is 7. The largest absolute Gasteiger partial charge is 0.466 e. The molecule has 0 saturated heterocycles. The molecule has 1 saturated carbocycles. The Balaban J connectivity index is 1.97. The Hall–Kier alpha value is -2.36. The third-order valence-corrected chi connectivity index (χ3v) is 6.84.